The molecule has 0 fully saturated rings. The van der Waals surface area contributed by atoms with Gasteiger partial charge in [-0.2, -0.15) is 18.3 Å². The zero-order valence-corrected chi connectivity index (χ0v) is 9.75. The molecule has 1 aromatic rings. The standard InChI is InChI=1S/C10H11F4N3O2/c1-5(2-6(11)4-18)16-7-3-15-17-9(19)8(7)10(12,13)14/h2-3,5,18H,4H2,1H3,(H2,16,17,19)/b6-2-/t5-/m0/s1. The first-order valence-electron chi connectivity index (χ1n) is 5.14. The van der Waals surface area contributed by atoms with Crippen LogP contribution in [0.25, 0.3) is 0 Å². The molecule has 0 amide bonds. The maximum Gasteiger partial charge on any atom is 0.423 e. The van der Waals surface area contributed by atoms with Gasteiger partial charge in [-0.15, -0.1) is 0 Å². The summed E-state index contributed by atoms with van der Waals surface area (Å²) in [5, 5.41) is 15.7. The number of rotatable bonds is 4. The fraction of sp³-hybridized carbons (Fsp3) is 0.400. The van der Waals surface area contributed by atoms with Crippen molar-refractivity contribution in [3.05, 3.63) is 34.0 Å². The van der Waals surface area contributed by atoms with Crippen LogP contribution in [0, 0.1) is 0 Å². The number of nitrogens with zero attached hydrogens (tertiary/aromatic N) is 1. The molecule has 0 saturated heterocycles. The van der Waals surface area contributed by atoms with E-state index in [9.17, 15) is 22.4 Å². The van der Waals surface area contributed by atoms with Crippen molar-refractivity contribution < 1.29 is 22.7 Å². The van der Waals surface area contributed by atoms with Crippen LogP contribution >= 0.6 is 0 Å². The molecule has 0 bridgehead atoms. The third-order valence-electron chi connectivity index (χ3n) is 2.10. The fourth-order valence-electron chi connectivity index (χ4n) is 1.40. The Bertz CT molecular complexity index is 524. The van der Waals surface area contributed by atoms with E-state index in [1.807, 2.05) is 0 Å². The van der Waals surface area contributed by atoms with Crippen LogP contribution in [0.4, 0.5) is 23.2 Å². The minimum Gasteiger partial charge on any atom is -0.389 e. The van der Waals surface area contributed by atoms with E-state index in [4.69, 9.17) is 5.11 Å². The average Bonchev–Trinajstić information content (AvgIpc) is 2.26. The summed E-state index contributed by atoms with van der Waals surface area (Å²) >= 11 is 0. The van der Waals surface area contributed by atoms with E-state index in [-0.39, 0.29) is 0 Å². The van der Waals surface area contributed by atoms with Crippen molar-refractivity contribution in [1.82, 2.24) is 10.2 Å². The van der Waals surface area contributed by atoms with Crippen LogP contribution in [0.15, 0.2) is 22.9 Å². The van der Waals surface area contributed by atoms with Gasteiger partial charge in [0, 0.05) is 6.04 Å². The van der Waals surface area contributed by atoms with Gasteiger partial charge in [-0.25, -0.2) is 9.49 Å². The number of aromatic amines is 1. The number of aromatic nitrogens is 2. The molecule has 1 atom stereocenters. The van der Waals surface area contributed by atoms with E-state index in [0.29, 0.717) is 0 Å². The van der Waals surface area contributed by atoms with Crippen molar-refractivity contribution in [2.24, 2.45) is 0 Å². The lowest BCUT2D eigenvalue weighted by Gasteiger charge is -2.15. The first-order chi connectivity index (χ1) is 8.75. The second-order valence-electron chi connectivity index (χ2n) is 3.69. The molecule has 0 radical (unpaired) electrons. The van der Waals surface area contributed by atoms with Gasteiger partial charge in [0.05, 0.1) is 18.5 Å². The summed E-state index contributed by atoms with van der Waals surface area (Å²) in [6.45, 7) is 0.502. The average molecular weight is 281 g/mol. The van der Waals surface area contributed by atoms with E-state index in [2.05, 4.69) is 10.4 Å². The molecular formula is C10H11F4N3O2. The van der Waals surface area contributed by atoms with Crippen LogP contribution in [-0.4, -0.2) is 28.0 Å². The molecule has 1 heterocycles. The normalized spacial score (nSPS) is 14.3. The van der Waals surface area contributed by atoms with Crippen molar-refractivity contribution in [2.75, 3.05) is 11.9 Å². The summed E-state index contributed by atoms with van der Waals surface area (Å²) in [7, 11) is 0. The highest BCUT2D eigenvalue weighted by molar-refractivity contribution is 5.50. The van der Waals surface area contributed by atoms with Crippen molar-refractivity contribution in [3.8, 4) is 0 Å². The maximum absolute atomic E-state index is 12.8. The fourth-order valence-corrected chi connectivity index (χ4v) is 1.40. The number of H-pyrrole nitrogens is 1. The highest BCUT2D eigenvalue weighted by atomic mass is 19.4. The number of aliphatic hydroxyl groups excluding tert-OH is 1. The third kappa shape index (κ3) is 4.05. The van der Waals surface area contributed by atoms with Crippen molar-refractivity contribution in [2.45, 2.75) is 19.1 Å². The Morgan fingerprint density at radius 2 is 2.26 bits per heavy atom. The van der Waals surface area contributed by atoms with Gasteiger partial charge in [0.2, 0.25) is 0 Å². The second kappa shape index (κ2) is 5.83. The Morgan fingerprint density at radius 1 is 1.63 bits per heavy atom. The summed E-state index contributed by atoms with van der Waals surface area (Å²) < 4.78 is 50.8. The summed E-state index contributed by atoms with van der Waals surface area (Å²) in [6.07, 6.45) is -3.19. The molecule has 0 saturated carbocycles. The second-order valence-corrected chi connectivity index (χ2v) is 3.69. The number of hydrogen-bond acceptors (Lipinski definition) is 4. The highest BCUT2D eigenvalue weighted by Gasteiger charge is 2.37. The lowest BCUT2D eigenvalue weighted by molar-refractivity contribution is -0.138. The molecule has 3 N–H and O–H groups in total. The topological polar surface area (TPSA) is 78.0 Å². The predicted octanol–water partition coefficient (Wildman–Crippen LogP) is 1.43. The summed E-state index contributed by atoms with van der Waals surface area (Å²) in [6, 6.07) is -0.864. The summed E-state index contributed by atoms with van der Waals surface area (Å²) in [5.41, 5.74) is -3.39. The molecule has 1 aromatic heterocycles. The summed E-state index contributed by atoms with van der Waals surface area (Å²) in [4.78, 5) is 11.1. The van der Waals surface area contributed by atoms with Crippen LogP contribution in [0.5, 0.6) is 0 Å². The Labute approximate surface area is 105 Å². The van der Waals surface area contributed by atoms with E-state index >= 15 is 0 Å². The molecule has 0 spiro atoms. The molecule has 106 valence electrons. The van der Waals surface area contributed by atoms with Gasteiger partial charge in [-0.05, 0) is 13.0 Å². The van der Waals surface area contributed by atoms with Crippen LogP contribution in [0.1, 0.15) is 12.5 Å². The minimum absolute atomic E-state index is 0.564. The zero-order chi connectivity index (χ0) is 14.6. The third-order valence-corrected chi connectivity index (χ3v) is 2.10. The molecule has 9 heteroatoms. The van der Waals surface area contributed by atoms with Crippen LogP contribution in [0.2, 0.25) is 0 Å². The first kappa shape index (κ1) is 15.2. The molecule has 5 nitrogen and oxygen atoms in total. The molecule has 0 aliphatic carbocycles. The van der Waals surface area contributed by atoms with Gasteiger partial charge in [0.1, 0.15) is 11.4 Å². The van der Waals surface area contributed by atoms with Gasteiger partial charge >= 0.3 is 6.18 Å². The van der Waals surface area contributed by atoms with E-state index in [0.717, 1.165) is 12.3 Å². The van der Waals surface area contributed by atoms with Crippen LogP contribution < -0.4 is 10.9 Å². The Kier molecular flexibility index (Phi) is 4.65. The number of aliphatic hydroxyl groups is 1. The van der Waals surface area contributed by atoms with Crippen molar-refractivity contribution >= 4 is 5.69 Å². The van der Waals surface area contributed by atoms with E-state index < -0.39 is 41.5 Å². The Balaban J connectivity index is 3.09. The molecule has 0 aromatic carbocycles. The monoisotopic (exact) mass is 281 g/mol. The molecule has 0 unspecified atom stereocenters. The lowest BCUT2D eigenvalue weighted by atomic mass is 10.2. The smallest absolute Gasteiger partial charge is 0.389 e. The number of nitrogens with one attached hydrogen (secondary N) is 2. The maximum atomic E-state index is 12.8. The summed E-state index contributed by atoms with van der Waals surface area (Å²) in [5.74, 6) is -0.897. The SMILES string of the molecule is C[C@@H](/C=C(\F)CO)Nc1cn[nH]c(=O)c1C(F)(F)F. The zero-order valence-electron chi connectivity index (χ0n) is 9.75. The highest BCUT2D eigenvalue weighted by Crippen LogP contribution is 2.31. The Morgan fingerprint density at radius 3 is 2.79 bits per heavy atom. The quantitative estimate of drug-likeness (QED) is 0.730. The van der Waals surface area contributed by atoms with Crippen LogP contribution in [0.3, 0.4) is 0 Å². The van der Waals surface area contributed by atoms with E-state index in [1.54, 1.807) is 5.10 Å². The van der Waals surface area contributed by atoms with E-state index in [1.165, 1.54) is 6.92 Å². The molecule has 0 aliphatic heterocycles. The lowest BCUT2D eigenvalue weighted by Crippen LogP contribution is -2.26. The largest absolute Gasteiger partial charge is 0.423 e. The molecule has 1 rings (SSSR count). The Hall–Kier alpha value is -1.90. The predicted molar refractivity (Wildman–Crippen MR) is 59.2 cm³/mol. The molecule has 0 aliphatic rings. The number of alkyl halides is 3. The molecule has 19 heavy (non-hydrogen) atoms. The molecular weight excluding hydrogens is 270 g/mol. The van der Waals surface area contributed by atoms with Gasteiger partial charge < -0.3 is 10.4 Å². The number of hydrogen-bond donors (Lipinski definition) is 3. The van der Waals surface area contributed by atoms with Crippen molar-refractivity contribution in [3.63, 3.8) is 0 Å². The number of anilines is 1. The first-order valence-corrected chi connectivity index (χ1v) is 5.14. The van der Waals surface area contributed by atoms with Gasteiger partial charge in [0.25, 0.3) is 5.56 Å². The minimum atomic E-state index is -4.86. The van der Waals surface area contributed by atoms with Crippen LogP contribution in [-0.2, 0) is 6.18 Å². The number of halogens is 4. The van der Waals surface area contributed by atoms with Gasteiger partial charge in [-0.3, -0.25) is 4.79 Å². The van der Waals surface area contributed by atoms with Gasteiger partial charge in [-0.1, -0.05) is 0 Å². The van der Waals surface area contributed by atoms with Gasteiger partial charge in [0.15, 0.2) is 0 Å². The van der Waals surface area contributed by atoms with Crippen molar-refractivity contribution in [1.29, 1.82) is 0 Å².